The van der Waals surface area contributed by atoms with Gasteiger partial charge in [0.25, 0.3) is 5.91 Å². The number of nitrogens with zero attached hydrogens (tertiary/aromatic N) is 3. The Morgan fingerprint density at radius 1 is 1.53 bits per heavy atom. The fourth-order valence-electron chi connectivity index (χ4n) is 2.15. The summed E-state index contributed by atoms with van der Waals surface area (Å²) >= 11 is 3.41. The monoisotopic (exact) mass is 299 g/mol. The maximum Gasteiger partial charge on any atom is 0.257 e. The van der Waals surface area contributed by atoms with Crippen molar-refractivity contribution in [1.82, 2.24) is 14.7 Å². The van der Waals surface area contributed by atoms with Crippen LogP contribution in [0.5, 0.6) is 0 Å². The quantitative estimate of drug-likeness (QED) is 0.798. The van der Waals surface area contributed by atoms with Crippen LogP contribution < -0.4 is 0 Å². The Kier molecular flexibility index (Phi) is 3.56. The fraction of sp³-hybridized carbons (Fsp3) is 0.667. The van der Waals surface area contributed by atoms with E-state index in [1.165, 1.54) is 0 Å². The summed E-state index contributed by atoms with van der Waals surface area (Å²) in [7, 11) is 1.88. The molecule has 0 aromatic carbocycles. The van der Waals surface area contributed by atoms with Crippen LogP contribution in [-0.2, 0) is 7.05 Å². The van der Waals surface area contributed by atoms with Gasteiger partial charge in [0.15, 0.2) is 0 Å². The minimum absolute atomic E-state index is 0.134. The van der Waals surface area contributed by atoms with Gasteiger partial charge in [0, 0.05) is 30.7 Å². The highest BCUT2D eigenvalue weighted by Gasteiger charge is 2.34. The van der Waals surface area contributed by atoms with Crippen molar-refractivity contribution in [3.63, 3.8) is 0 Å². The van der Waals surface area contributed by atoms with Crippen LogP contribution >= 0.6 is 15.9 Å². The molecule has 1 saturated carbocycles. The summed E-state index contributed by atoms with van der Waals surface area (Å²) in [6, 6.07) is 0.444. The number of alkyl halides is 1. The number of aryl methyl sites for hydroxylation is 2. The molecule has 4 nitrogen and oxygen atoms in total. The van der Waals surface area contributed by atoms with E-state index in [1.807, 2.05) is 25.8 Å². The number of hydrogen-bond acceptors (Lipinski definition) is 2. The maximum absolute atomic E-state index is 12.5. The van der Waals surface area contributed by atoms with Gasteiger partial charge in [-0.3, -0.25) is 9.48 Å². The second-order valence-electron chi connectivity index (χ2n) is 4.59. The Bertz CT molecular complexity index is 437. The van der Waals surface area contributed by atoms with E-state index in [-0.39, 0.29) is 5.91 Å². The first-order valence-electron chi connectivity index (χ1n) is 5.93. The van der Waals surface area contributed by atoms with Crippen LogP contribution in [0.15, 0.2) is 0 Å². The summed E-state index contributed by atoms with van der Waals surface area (Å²) in [5.74, 6) is 0.134. The van der Waals surface area contributed by atoms with E-state index >= 15 is 0 Å². The molecule has 94 valence electrons. The van der Waals surface area contributed by atoms with Crippen molar-refractivity contribution in [3.8, 4) is 0 Å². The third-order valence-electron chi connectivity index (χ3n) is 3.30. The molecular weight excluding hydrogens is 282 g/mol. The first-order chi connectivity index (χ1) is 8.06. The van der Waals surface area contributed by atoms with Gasteiger partial charge in [-0.25, -0.2) is 0 Å². The molecule has 1 aromatic heterocycles. The van der Waals surface area contributed by atoms with Crippen molar-refractivity contribution in [3.05, 3.63) is 17.0 Å². The highest BCUT2D eigenvalue weighted by molar-refractivity contribution is 9.09. The van der Waals surface area contributed by atoms with E-state index in [2.05, 4.69) is 21.0 Å². The number of rotatable bonds is 4. The molecule has 1 amide bonds. The Balaban J connectivity index is 2.28. The van der Waals surface area contributed by atoms with Crippen molar-refractivity contribution < 1.29 is 4.79 Å². The molecule has 0 saturated heterocycles. The lowest BCUT2D eigenvalue weighted by Gasteiger charge is -2.21. The van der Waals surface area contributed by atoms with Crippen molar-refractivity contribution in [2.45, 2.75) is 32.7 Å². The van der Waals surface area contributed by atoms with Crippen molar-refractivity contribution in [1.29, 1.82) is 0 Å². The van der Waals surface area contributed by atoms with Gasteiger partial charge in [0.05, 0.1) is 11.3 Å². The first-order valence-corrected chi connectivity index (χ1v) is 7.05. The highest BCUT2D eigenvalue weighted by atomic mass is 79.9. The largest absolute Gasteiger partial charge is 0.335 e. The number of carbonyl (C=O) groups is 1. The standard InChI is InChI=1S/C12H18BrN3O/c1-8-11(9(2)15(3)14-8)12(17)16(7-6-13)10-4-5-10/h10H,4-7H2,1-3H3. The number of hydrogen-bond donors (Lipinski definition) is 0. The van der Waals surface area contributed by atoms with E-state index in [0.717, 1.165) is 41.7 Å². The molecule has 17 heavy (non-hydrogen) atoms. The van der Waals surface area contributed by atoms with Crippen LogP contribution in [0.2, 0.25) is 0 Å². The van der Waals surface area contributed by atoms with Gasteiger partial charge in [-0.1, -0.05) is 15.9 Å². The molecule has 0 unspecified atom stereocenters. The van der Waals surface area contributed by atoms with E-state index in [1.54, 1.807) is 4.68 Å². The normalized spacial score (nSPS) is 15.1. The smallest absolute Gasteiger partial charge is 0.257 e. The Morgan fingerprint density at radius 2 is 2.18 bits per heavy atom. The number of carbonyl (C=O) groups excluding carboxylic acids is 1. The lowest BCUT2D eigenvalue weighted by Crippen LogP contribution is -2.35. The average Bonchev–Trinajstić information content (AvgIpc) is 3.05. The maximum atomic E-state index is 12.5. The Labute approximate surface area is 110 Å². The van der Waals surface area contributed by atoms with E-state index < -0.39 is 0 Å². The predicted molar refractivity (Wildman–Crippen MR) is 70.5 cm³/mol. The SMILES string of the molecule is Cc1nn(C)c(C)c1C(=O)N(CCBr)C1CC1. The zero-order valence-corrected chi connectivity index (χ0v) is 12.1. The lowest BCUT2D eigenvalue weighted by molar-refractivity contribution is 0.0753. The molecule has 0 aliphatic heterocycles. The van der Waals surface area contributed by atoms with Gasteiger partial charge in [0.2, 0.25) is 0 Å². The number of amides is 1. The minimum atomic E-state index is 0.134. The van der Waals surface area contributed by atoms with Crippen LogP contribution in [0.25, 0.3) is 0 Å². The average molecular weight is 300 g/mol. The minimum Gasteiger partial charge on any atom is -0.335 e. The molecule has 1 fully saturated rings. The van der Waals surface area contributed by atoms with Crippen molar-refractivity contribution in [2.24, 2.45) is 7.05 Å². The van der Waals surface area contributed by atoms with Crippen molar-refractivity contribution in [2.75, 3.05) is 11.9 Å². The fourth-order valence-corrected chi connectivity index (χ4v) is 2.54. The van der Waals surface area contributed by atoms with Gasteiger partial charge < -0.3 is 4.90 Å². The molecule has 0 bridgehead atoms. The third kappa shape index (κ3) is 2.39. The zero-order valence-electron chi connectivity index (χ0n) is 10.5. The van der Waals surface area contributed by atoms with Gasteiger partial charge in [-0.15, -0.1) is 0 Å². The number of aromatic nitrogens is 2. The second-order valence-corrected chi connectivity index (χ2v) is 5.38. The molecule has 2 rings (SSSR count). The van der Waals surface area contributed by atoms with E-state index in [0.29, 0.717) is 6.04 Å². The first kappa shape index (κ1) is 12.6. The number of halogens is 1. The van der Waals surface area contributed by atoms with Gasteiger partial charge >= 0.3 is 0 Å². The molecule has 1 aromatic rings. The molecule has 0 spiro atoms. The topological polar surface area (TPSA) is 38.1 Å². The Hall–Kier alpha value is -0.840. The van der Waals surface area contributed by atoms with Crippen molar-refractivity contribution >= 4 is 21.8 Å². The molecule has 0 N–H and O–H groups in total. The van der Waals surface area contributed by atoms with Crippen LogP contribution in [0, 0.1) is 13.8 Å². The molecule has 1 aliphatic rings. The van der Waals surface area contributed by atoms with Crippen LogP contribution in [0.1, 0.15) is 34.6 Å². The van der Waals surface area contributed by atoms with Gasteiger partial charge in [0.1, 0.15) is 0 Å². The molecule has 0 radical (unpaired) electrons. The van der Waals surface area contributed by atoms with E-state index in [4.69, 9.17) is 0 Å². The molecule has 0 atom stereocenters. The molecule has 5 heteroatoms. The summed E-state index contributed by atoms with van der Waals surface area (Å²) in [4.78, 5) is 14.5. The molecule has 1 heterocycles. The van der Waals surface area contributed by atoms with Crippen LogP contribution in [0.4, 0.5) is 0 Å². The highest BCUT2D eigenvalue weighted by Crippen LogP contribution is 2.29. The van der Waals surface area contributed by atoms with Gasteiger partial charge in [-0.2, -0.15) is 5.10 Å². The zero-order chi connectivity index (χ0) is 12.6. The predicted octanol–water partition coefficient (Wildman–Crippen LogP) is 2.04. The summed E-state index contributed by atoms with van der Waals surface area (Å²) in [5.41, 5.74) is 2.56. The third-order valence-corrected chi connectivity index (χ3v) is 3.65. The molecule has 1 aliphatic carbocycles. The van der Waals surface area contributed by atoms with Crippen LogP contribution in [0.3, 0.4) is 0 Å². The summed E-state index contributed by atoms with van der Waals surface area (Å²) in [5, 5.41) is 5.14. The van der Waals surface area contributed by atoms with Crippen LogP contribution in [-0.4, -0.2) is 38.5 Å². The lowest BCUT2D eigenvalue weighted by atomic mass is 10.1. The molecular formula is C12H18BrN3O. The summed E-state index contributed by atoms with van der Waals surface area (Å²) in [6.07, 6.45) is 2.27. The summed E-state index contributed by atoms with van der Waals surface area (Å²) < 4.78 is 1.78. The van der Waals surface area contributed by atoms with E-state index in [9.17, 15) is 4.79 Å². The van der Waals surface area contributed by atoms with Gasteiger partial charge in [-0.05, 0) is 26.7 Å². The Morgan fingerprint density at radius 3 is 2.59 bits per heavy atom. The summed E-state index contributed by atoms with van der Waals surface area (Å²) in [6.45, 7) is 4.63. The second kappa shape index (κ2) is 4.80.